The summed E-state index contributed by atoms with van der Waals surface area (Å²) in [7, 11) is 0. The molecule has 34 heteroatoms. The van der Waals surface area contributed by atoms with Gasteiger partial charge in [0.1, 0.15) is 66.2 Å². The number of fused-ring (bicyclic) bond motifs is 1. The van der Waals surface area contributed by atoms with E-state index in [4.69, 9.17) is 11.5 Å². The summed E-state index contributed by atoms with van der Waals surface area (Å²) < 4.78 is 0. The zero-order valence-electron chi connectivity index (χ0n) is 52.8. The number of carboxylic acids is 2. The molecule has 2 aromatic heterocycles. The minimum absolute atomic E-state index is 0.00960. The standard InChI is InChI=1S/C61H85N15O19/c1-30(2)18-37(62)51(84)68-40(20-32-11-13-35(80)14-12-32)53(86)73-45(26-77)58(91)75-47(28-79)60(93)76-17-7-10-48(76)59(92)74-46(27-78)57(90)70-42(22-34-25-64-29-66-34)55(88)69-41(21-33-24-65-38-9-6-5-8-36(33)38)54(87)67-39(15-16-50(82)83)52(85)71-43(23-49(63)81)56(89)72-44(61(94)95)19-31(3)4/h5-6,8-9,11-14,24-25,29-31,37,39-48,65,77-80H,7,10,15-23,26-28,62H2,1-4H3,(H2,63,81)(H,64,66)(H,67,87)(H,68,84)(H,69,88)(H,70,90)(H,71,85)(H,72,89)(H,73,86)(H,74,92)(H,75,91)(H,82,83)(H,94,95)/t37-,39-,40-,41-,42-,43-,44-,45-,46-,47-,48-/m0/s1. The Hall–Kier alpha value is -10.1. The maximum atomic E-state index is 14.7. The molecular weight excluding hydrogens is 1250 g/mol. The number of aromatic nitrogens is 3. The van der Waals surface area contributed by atoms with Crippen molar-refractivity contribution in [2.24, 2.45) is 23.3 Å². The molecule has 0 saturated carbocycles. The summed E-state index contributed by atoms with van der Waals surface area (Å²) in [4.78, 5) is 187. The predicted molar refractivity (Wildman–Crippen MR) is 335 cm³/mol. The van der Waals surface area contributed by atoms with Crippen LogP contribution in [0.4, 0.5) is 0 Å². The third kappa shape index (κ3) is 23.2. The van der Waals surface area contributed by atoms with Crippen molar-refractivity contribution in [1.82, 2.24) is 67.7 Å². The second kappa shape index (κ2) is 36.4. The van der Waals surface area contributed by atoms with Gasteiger partial charge in [-0.1, -0.05) is 58.0 Å². The van der Waals surface area contributed by atoms with Gasteiger partial charge in [-0.3, -0.25) is 57.5 Å². The summed E-state index contributed by atoms with van der Waals surface area (Å²) in [6, 6.07) is -5.14. The number of carboxylic acid groups (broad SMARTS) is 2. The number of likely N-dealkylation sites (tertiary alicyclic amines) is 1. The van der Waals surface area contributed by atoms with Crippen molar-refractivity contribution in [1.29, 1.82) is 0 Å². The third-order valence-electron chi connectivity index (χ3n) is 15.3. The van der Waals surface area contributed by atoms with Crippen LogP contribution in [0.15, 0.2) is 67.3 Å². The normalized spacial score (nSPS) is 16.1. The highest BCUT2D eigenvalue weighted by molar-refractivity contribution is 6.00. The van der Waals surface area contributed by atoms with Crippen molar-refractivity contribution >= 4 is 87.8 Å². The molecule has 0 radical (unpaired) electrons. The molecule has 4 aromatic rings. The van der Waals surface area contributed by atoms with Crippen LogP contribution in [-0.4, -0.2) is 220 Å². The number of nitrogens with one attached hydrogen (secondary N) is 11. The summed E-state index contributed by atoms with van der Waals surface area (Å²) >= 11 is 0. The Labute approximate surface area is 544 Å². The van der Waals surface area contributed by atoms with Crippen LogP contribution in [-0.2, 0) is 81.6 Å². The monoisotopic (exact) mass is 1330 g/mol. The molecule has 1 aliphatic heterocycles. The van der Waals surface area contributed by atoms with E-state index in [0.717, 1.165) is 4.90 Å². The minimum atomic E-state index is -1.85. The van der Waals surface area contributed by atoms with E-state index in [1.165, 1.54) is 43.0 Å². The molecule has 0 bridgehead atoms. The van der Waals surface area contributed by atoms with Crippen molar-refractivity contribution in [2.75, 3.05) is 26.4 Å². The molecule has 1 saturated heterocycles. The van der Waals surface area contributed by atoms with Crippen molar-refractivity contribution < 1.29 is 93.0 Å². The lowest BCUT2D eigenvalue weighted by Crippen LogP contribution is -2.62. The molecule has 5 rings (SSSR count). The Morgan fingerprint density at radius 1 is 0.589 bits per heavy atom. The molecular formula is C61H85N15O19. The number of aromatic amines is 2. The highest BCUT2D eigenvalue weighted by atomic mass is 16.4. The number of nitrogens with zero attached hydrogens (tertiary/aromatic N) is 2. The van der Waals surface area contributed by atoms with Gasteiger partial charge in [0.2, 0.25) is 65.0 Å². The number of aliphatic hydroxyl groups excluding tert-OH is 3. The number of phenols is 1. The van der Waals surface area contributed by atoms with E-state index in [1.54, 1.807) is 38.1 Å². The maximum Gasteiger partial charge on any atom is 0.326 e. The molecule has 0 aliphatic carbocycles. The number of carbonyl (C=O) groups is 13. The first-order valence-corrected chi connectivity index (χ1v) is 30.7. The van der Waals surface area contributed by atoms with Crippen LogP contribution in [0.25, 0.3) is 10.9 Å². The Bertz CT molecular complexity index is 3340. The smallest absolute Gasteiger partial charge is 0.326 e. The first-order chi connectivity index (χ1) is 45.0. The number of H-pyrrole nitrogens is 2. The first kappa shape index (κ1) is 75.7. The lowest BCUT2D eigenvalue weighted by molar-refractivity contribution is -0.143. The van der Waals surface area contributed by atoms with Crippen LogP contribution in [0.2, 0.25) is 0 Å². The van der Waals surface area contributed by atoms with Crippen molar-refractivity contribution in [3.05, 3.63) is 84.1 Å². The van der Waals surface area contributed by atoms with Crippen LogP contribution < -0.4 is 59.3 Å². The number of benzene rings is 2. The molecule has 2 aromatic carbocycles. The fourth-order valence-electron chi connectivity index (χ4n) is 10.4. The Morgan fingerprint density at radius 2 is 1.09 bits per heavy atom. The van der Waals surface area contributed by atoms with Gasteiger partial charge >= 0.3 is 11.9 Å². The van der Waals surface area contributed by atoms with E-state index in [1.807, 2.05) is 13.8 Å². The van der Waals surface area contributed by atoms with E-state index < -0.39 is 182 Å². The number of aliphatic carboxylic acids is 2. The van der Waals surface area contributed by atoms with E-state index in [-0.39, 0.29) is 74.8 Å². The summed E-state index contributed by atoms with van der Waals surface area (Å²) in [5.74, 6) is -14.8. The first-order valence-electron chi connectivity index (χ1n) is 30.7. The Balaban J connectivity index is 1.33. The number of imidazole rings is 1. The molecule has 34 nitrogen and oxygen atoms in total. The second-order valence-corrected chi connectivity index (χ2v) is 23.8. The predicted octanol–water partition coefficient (Wildman–Crippen LogP) is -4.80. The average Bonchev–Trinajstić information content (AvgIpc) is 1.76. The van der Waals surface area contributed by atoms with E-state index >= 15 is 0 Å². The number of carbonyl (C=O) groups excluding carboxylic acids is 11. The second-order valence-electron chi connectivity index (χ2n) is 23.8. The fraction of sp³-hybridized carbons (Fsp3) is 0.508. The number of phenolic OH excluding ortho intramolecular Hbond substituents is 1. The summed E-state index contributed by atoms with van der Waals surface area (Å²) in [5.41, 5.74) is 13.2. The number of aromatic hydroxyl groups is 1. The molecule has 0 spiro atoms. The van der Waals surface area contributed by atoms with E-state index in [0.29, 0.717) is 22.0 Å². The summed E-state index contributed by atoms with van der Waals surface area (Å²) in [6.07, 6.45) is 1.32. The highest BCUT2D eigenvalue weighted by Crippen LogP contribution is 2.22. The quantitative estimate of drug-likeness (QED) is 0.0200. The topological polar surface area (TPSA) is 551 Å². The zero-order chi connectivity index (χ0) is 70.2. The van der Waals surface area contributed by atoms with Gasteiger partial charge in [0, 0.05) is 61.2 Å². The largest absolute Gasteiger partial charge is 0.508 e. The van der Waals surface area contributed by atoms with Crippen LogP contribution >= 0.6 is 0 Å². The molecule has 0 unspecified atom stereocenters. The number of hydrogen-bond acceptors (Lipinski definition) is 19. The van der Waals surface area contributed by atoms with E-state index in [9.17, 15) is 93.0 Å². The van der Waals surface area contributed by atoms with Crippen LogP contribution in [0, 0.1) is 11.8 Å². The van der Waals surface area contributed by atoms with E-state index in [2.05, 4.69) is 62.8 Å². The lowest BCUT2D eigenvalue weighted by atomic mass is 10.0. The average molecular weight is 1330 g/mol. The number of nitrogens with two attached hydrogens (primary N) is 2. The molecule has 1 fully saturated rings. The fourth-order valence-corrected chi connectivity index (χ4v) is 10.4. The minimum Gasteiger partial charge on any atom is -0.508 e. The van der Waals surface area contributed by atoms with Gasteiger partial charge in [0.05, 0.1) is 38.6 Å². The molecule has 11 amide bonds. The summed E-state index contributed by atoms with van der Waals surface area (Å²) in [6.45, 7) is 3.72. The molecule has 1 aliphatic rings. The van der Waals surface area contributed by atoms with Gasteiger partial charge in [-0.25, -0.2) is 9.78 Å². The number of para-hydroxylation sites is 1. The number of amides is 11. The van der Waals surface area contributed by atoms with Crippen molar-refractivity contribution in [3.8, 4) is 5.75 Å². The SMILES string of the molecule is CC(C)C[C@H](NC(=O)[C@H](CC(N)=O)NC(=O)[C@H](CCC(=O)O)NC(=O)[C@H](Cc1c[nH]c2ccccc12)NC(=O)[C@H](Cc1cnc[nH]1)NC(=O)[C@H](CO)NC(=O)[C@@H]1CCCN1C(=O)[C@H](CO)NC(=O)[C@H](CO)NC(=O)[C@H](Cc1ccc(O)cc1)NC(=O)[C@@H](N)CC(C)C)C(=O)O. The zero-order valence-corrected chi connectivity index (χ0v) is 52.8. The van der Waals surface area contributed by atoms with Crippen LogP contribution in [0.5, 0.6) is 5.75 Å². The van der Waals surface area contributed by atoms with Gasteiger partial charge in [0.15, 0.2) is 0 Å². The lowest BCUT2D eigenvalue weighted by Gasteiger charge is -2.30. The molecule has 518 valence electrons. The van der Waals surface area contributed by atoms with Gasteiger partial charge in [-0.2, -0.15) is 0 Å². The van der Waals surface area contributed by atoms with Gasteiger partial charge in [-0.15, -0.1) is 0 Å². The molecule has 21 N–H and O–H groups in total. The highest BCUT2D eigenvalue weighted by Gasteiger charge is 2.41. The van der Waals surface area contributed by atoms with Gasteiger partial charge < -0.3 is 105 Å². The third-order valence-corrected chi connectivity index (χ3v) is 15.3. The van der Waals surface area contributed by atoms with Crippen LogP contribution in [0.1, 0.15) is 89.5 Å². The molecule has 95 heavy (non-hydrogen) atoms. The molecule has 3 heterocycles. The van der Waals surface area contributed by atoms with Crippen molar-refractivity contribution in [3.63, 3.8) is 0 Å². The van der Waals surface area contributed by atoms with Gasteiger partial charge in [-0.05, 0) is 73.3 Å². The number of rotatable bonds is 38. The maximum absolute atomic E-state index is 14.7. The number of hydrogen-bond donors (Lipinski definition) is 19. The molecule has 11 atom stereocenters. The van der Waals surface area contributed by atoms with Crippen LogP contribution in [0.3, 0.4) is 0 Å². The van der Waals surface area contributed by atoms with Gasteiger partial charge in [0.25, 0.3) is 0 Å². The number of aliphatic hydroxyl groups is 3. The Morgan fingerprint density at radius 3 is 1.66 bits per heavy atom. The summed E-state index contributed by atoms with van der Waals surface area (Å²) in [5, 5.41) is 82.6. The van der Waals surface area contributed by atoms with Crippen molar-refractivity contribution in [2.45, 2.75) is 158 Å². The Kier molecular flexibility index (Phi) is 29.0. The number of primary amides is 1.